The number of carbonyl (C=O) groups is 2. The van der Waals surface area contributed by atoms with E-state index in [0.717, 1.165) is 25.7 Å². The maximum absolute atomic E-state index is 12.6. The molecule has 3 aliphatic rings. The first-order valence-corrected chi connectivity index (χ1v) is 8.05. The van der Waals surface area contributed by atoms with Gasteiger partial charge >= 0.3 is 5.97 Å². The van der Waals surface area contributed by atoms with Crippen LogP contribution in [0.1, 0.15) is 38.5 Å². The van der Waals surface area contributed by atoms with Gasteiger partial charge in [0, 0.05) is 6.54 Å². The molecule has 0 spiro atoms. The van der Waals surface area contributed by atoms with Crippen LogP contribution < -0.4 is 0 Å². The third-order valence-electron chi connectivity index (χ3n) is 5.04. The standard InChI is InChI=1S/C15H24N2O4/c18-14(10-16-7-3-5-12(16)15(19)20)17-8-9-21-13-6-2-1-4-11(13)17/h11-13H,1-10H2,(H,19,20)/t11-,12-,13-/m1/s1. The normalized spacial score (nSPS) is 33.7. The predicted octanol–water partition coefficient (Wildman–Crippen LogP) is 0.705. The van der Waals surface area contributed by atoms with E-state index >= 15 is 0 Å². The molecule has 0 aromatic heterocycles. The lowest BCUT2D eigenvalue weighted by Crippen LogP contribution is -2.57. The third kappa shape index (κ3) is 3.06. The second kappa shape index (κ2) is 6.32. The monoisotopic (exact) mass is 296 g/mol. The van der Waals surface area contributed by atoms with Crippen molar-refractivity contribution in [2.75, 3.05) is 26.2 Å². The minimum absolute atomic E-state index is 0.0725. The van der Waals surface area contributed by atoms with E-state index in [4.69, 9.17) is 4.74 Å². The Labute approximate surface area is 125 Å². The first kappa shape index (κ1) is 14.8. The molecule has 6 nitrogen and oxygen atoms in total. The highest BCUT2D eigenvalue weighted by Gasteiger charge is 2.38. The van der Waals surface area contributed by atoms with Gasteiger partial charge in [-0.15, -0.1) is 0 Å². The summed E-state index contributed by atoms with van der Waals surface area (Å²) in [4.78, 5) is 27.6. The van der Waals surface area contributed by atoms with Crippen LogP contribution in [0.5, 0.6) is 0 Å². The molecule has 0 aromatic rings. The van der Waals surface area contributed by atoms with Crippen molar-refractivity contribution in [2.45, 2.75) is 56.7 Å². The van der Waals surface area contributed by atoms with Crippen LogP contribution >= 0.6 is 0 Å². The number of hydrogen-bond donors (Lipinski definition) is 1. The zero-order chi connectivity index (χ0) is 14.8. The maximum atomic E-state index is 12.6. The molecule has 0 unspecified atom stereocenters. The van der Waals surface area contributed by atoms with Gasteiger partial charge in [0.2, 0.25) is 5.91 Å². The van der Waals surface area contributed by atoms with Crippen molar-refractivity contribution in [1.29, 1.82) is 0 Å². The average Bonchev–Trinajstić information content (AvgIpc) is 2.95. The second-order valence-electron chi connectivity index (χ2n) is 6.31. The number of carboxylic acid groups (broad SMARTS) is 1. The largest absolute Gasteiger partial charge is 0.480 e. The molecule has 3 rings (SSSR count). The smallest absolute Gasteiger partial charge is 0.320 e. The number of ether oxygens (including phenoxy) is 1. The Kier molecular flexibility index (Phi) is 4.45. The molecule has 1 aliphatic carbocycles. The lowest BCUT2D eigenvalue weighted by molar-refractivity contribution is -0.152. The number of rotatable bonds is 3. The number of carboxylic acids is 1. The molecule has 0 bridgehead atoms. The van der Waals surface area contributed by atoms with E-state index in [1.165, 1.54) is 6.42 Å². The molecular weight excluding hydrogens is 272 g/mol. The van der Waals surface area contributed by atoms with Crippen molar-refractivity contribution in [1.82, 2.24) is 9.80 Å². The van der Waals surface area contributed by atoms with Crippen molar-refractivity contribution in [3.8, 4) is 0 Å². The van der Waals surface area contributed by atoms with Crippen LogP contribution in [0.4, 0.5) is 0 Å². The molecule has 6 heteroatoms. The minimum Gasteiger partial charge on any atom is -0.480 e. The van der Waals surface area contributed by atoms with Crippen molar-refractivity contribution >= 4 is 11.9 Å². The van der Waals surface area contributed by atoms with Crippen LogP contribution in [-0.4, -0.2) is 71.2 Å². The van der Waals surface area contributed by atoms with E-state index < -0.39 is 12.0 Å². The minimum atomic E-state index is -0.808. The number of nitrogens with zero attached hydrogens (tertiary/aromatic N) is 2. The van der Waals surface area contributed by atoms with Gasteiger partial charge in [0.1, 0.15) is 6.04 Å². The topological polar surface area (TPSA) is 70.1 Å². The molecule has 2 aliphatic heterocycles. The molecule has 1 saturated carbocycles. The highest BCUT2D eigenvalue weighted by molar-refractivity contribution is 5.80. The lowest BCUT2D eigenvalue weighted by Gasteiger charge is -2.44. The van der Waals surface area contributed by atoms with Gasteiger partial charge in [-0.2, -0.15) is 0 Å². The first-order valence-electron chi connectivity index (χ1n) is 8.05. The fourth-order valence-electron chi connectivity index (χ4n) is 3.97. The van der Waals surface area contributed by atoms with Crippen LogP contribution in [0.2, 0.25) is 0 Å². The Morgan fingerprint density at radius 2 is 1.90 bits per heavy atom. The Morgan fingerprint density at radius 1 is 1.10 bits per heavy atom. The molecule has 3 fully saturated rings. The van der Waals surface area contributed by atoms with Gasteiger partial charge in [0.15, 0.2) is 0 Å². The zero-order valence-corrected chi connectivity index (χ0v) is 12.4. The van der Waals surface area contributed by atoms with E-state index in [2.05, 4.69) is 0 Å². The molecule has 21 heavy (non-hydrogen) atoms. The highest BCUT2D eigenvalue weighted by atomic mass is 16.5. The Balaban J connectivity index is 1.62. The zero-order valence-electron chi connectivity index (χ0n) is 12.4. The summed E-state index contributed by atoms with van der Waals surface area (Å²) in [5.74, 6) is -0.735. The molecule has 0 aromatic carbocycles. The summed E-state index contributed by atoms with van der Waals surface area (Å²) in [6.07, 6.45) is 6.07. The van der Waals surface area contributed by atoms with Crippen LogP contribution in [-0.2, 0) is 14.3 Å². The predicted molar refractivity (Wildman–Crippen MR) is 75.9 cm³/mol. The van der Waals surface area contributed by atoms with E-state index in [9.17, 15) is 14.7 Å². The summed E-state index contributed by atoms with van der Waals surface area (Å²) in [6.45, 7) is 2.20. The molecule has 0 radical (unpaired) electrons. The van der Waals surface area contributed by atoms with Crippen LogP contribution in [0.3, 0.4) is 0 Å². The molecular formula is C15H24N2O4. The average molecular weight is 296 g/mol. The molecule has 118 valence electrons. The Bertz CT molecular complexity index is 412. The number of amides is 1. The molecule has 2 heterocycles. The summed E-state index contributed by atoms with van der Waals surface area (Å²) in [6, 6.07) is -0.289. The van der Waals surface area contributed by atoms with Gasteiger partial charge in [-0.05, 0) is 32.2 Å². The summed E-state index contributed by atoms with van der Waals surface area (Å²) >= 11 is 0. The van der Waals surface area contributed by atoms with Crippen molar-refractivity contribution < 1.29 is 19.4 Å². The van der Waals surface area contributed by atoms with Crippen LogP contribution in [0.15, 0.2) is 0 Å². The number of hydrogen-bond acceptors (Lipinski definition) is 4. The fraction of sp³-hybridized carbons (Fsp3) is 0.867. The van der Waals surface area contributed by atoms with Gasteiger partial charge in [0.25, 0.3) is 0 Å². The molecule has 1 N–H and O–H groups in total. The molecule has 1 amide bonds. The van der Waals surface area contributed by atoms with Crippen LogP contribution in [0.25, 0.3) is 0 Å². The number of fused-ring (bicyclic) bond motifs is 1. The Morgan fingerprint density at radius 3 is 2.71 bits per heavy atom. The van der Waals surface area contributed by atoms with Crippen LogP contribution in [0, 0.1) is 0 Å². The van der Waals surface area contributed by atoms with Crippen molar-refractivity contribution in [3.63, 3.8) is 0 Å². The SMILES string of the molecule is O=C(O)[C@H]1CCCN1CC(=O)N1CCO[C@@H]2CCCC[C@H]21. The van der Waals surface area contributed by atoms with E-state index in [1.807, 2.05) is 9.80 Å². The quantitative estimate of drug-likeness (QED) is 0.830. The van der Waals surface area contributed by atoms with Crippen molar-refractivity contribution in [2.24, 2.45) is 0 Å². The van der Waals surface area contributed by atoms with E-state index in [-0.39, 0.29) is 24.6 Å². The van der Waals surface area contributed by atoms with Crippen molar-refractivity contribution in [3.05, 3.63) is 0 Å². The number of likely N-dealkylation sites (tertiary alicyclic amines) is 1. The number of morpholine rings is 1. The highest BCUT2D eigenvalue weighted by Crippen LogP contribution is 2.29. The van der Waals surface area contributed by atoms with E-state index in [0.29, 0.717) is 26.1 Å². The lowest BCUT2D eigenvalue weighted by atomic mass is 9.90. The van der Waals surface area contributed by atoms with E-state index in [1.54, 1.807) is 0 Å². The molecule has 3 atom stereocenters. The van der Waals surface area contributed by atoms with Gasteiger partial charge in [0.05, 0.1) is 25.3 Å². The van der Waals surface area contributed by atoms with Gasteiger partial charge in [-0.25, -0.2) is 0 Å². The number of carbonyl (C=O) groups excluding carboxylic acids is 1. The summed E-state index contributed by atoms with van der Waals surface area (Å²) in [5.41, 5.74) is 0. The summed E-state index contributed by atoms with van der Waals surface area (Å²) in [7, 11) is 0. The Hall–Kier alpha value is -1.14. The molecule has 2 saturated heterocycles. The first-order chi connectivity index (χ1) is 10.2. The summed E-state index contributed by atoms with van der Waals surface area (Å²) in [5, 5.41) is 9.21. The number of aliphatic carboxylic acids is 1. The summed E-state index contributed by atoms with van der Waals surface area (Å²) < 4.78 is 5.79. The fourth-order valence-corrected chi connectivity index (χ4v) is 3.97. The van der Waals surface area contributed by atoms with Gasteiger partial charge in [-0.1, -0.05) is 12.8 Å². The maximum Gasteiger partial charge on any atom is 0.320 e. The van der Waals surface area contributed by atoms with Gasteiger partial charge < -0.3 is 14.7 Å². The second-order valence-corrected chi connectivity index (χ2v) is 6.31. The third-order valence-corrected chi connectivity index (χ3v) is 5.04. The van der Waals surface area contributed by atoms with Gasteiger partial charge in [-0.3, -0.25) is 14.5 Å².